The van der Waals surface area contributed by atoms with Crippen molar-refractivity contribution in [2.75, 3.05) is 6.61 Å². The molecule has 0 aliphatic rings. The fourth-order valence-electron chi connectivity index (χ4n) is 2.08. The average Bonchev–Trinajstić information content (AvgIpc) is 2.67. The molecule has 0 saturated heterocycles. The van der Waals surface area contributed by atoms with E-state index in [2.05, 4.69) is 10.9 Å². The maximum Gasteiger partial charge on any atom is 0.342 e. The van der Waals surface area contributed by atoms with Gasteiger partial charge in [0, 0.05) is 5.56 Å². The molecular weight excluding hydrogens is 336 g/mol. The molecule has 0 aliphatic carbocycles. The number of ether oxygens (including phenoxy) is 2. The Bertz CT molecular complexity index is 777. The van der Waals surface area contributed by atoms with E-state index in [1.54, 1.807) is 61.5 Å². The number of hydrogen-bond acceptors (Lipinski definition) is 5. The summed E-state index contributed by atoms with van der Waals surface area (Å²) in [6.07, 6.45) is -1.10. The number of nitrogens with one attached hydrogen (secondary N) is 2. The molecule has 7 heteroatoms. The molecule has 2 amide bonds. The van der Waals surface area contributed by atoms with Crippen molar-refractivity contribution in [1.29, 1.82) is 0 Å². The lowest BCUT2D eigenvalue weighted by atomic mass is 10.2. The molecular formula is C19H20N2O5. The van der Waals surface area contributed by atoms with Gasteiger partial charge in [-0.05, 0) is 38.1 Å². The Kier molecular flexibility index (Phi) is 6.73. The second kappa shape index (κ2) is 9.22. The molecule has 0 spiro atoms. The van der Waals surface area contributed by atoms with Crippen LogP contribution in [0, 0.1) is 0 Å². The number of benzene rings is 2. The summed E-state index contributed by atoms with van der Waals surface area (Å²) in [5.41, 5.74) is 5.12. The Morgan fingerprint density at radius 2 is 1.62 bits per heavy atom. The van der Waals surface area contributed by atoms with E-state index in [-0.39, 0.29) is 5.56 Å². The van der Waals surface area contributed by atoms with Crippen LogP contribution in [0.1, 0.15) is 34.6 Å². The monoisotopic (exact) mass is 356 g/mol. The minimum Gasteiger partial charge on any atom is -0.493 e. The fraction of sp³-hybridized carbons (Fsp3) is 0.211. The zero-order valence-electron chi connectivity index (χ0n) is 14.5. The summed E-state index contributed by atoms with van der Waals surface area (Å²) in [6, 6.07) is 15.0. The lowest BCUT2D eigenvalue weighted by molar-refractivity contribution is -0.129. The van der Waals surface area contributed by atoms with Crippen LogP contribution in [0.4, 0.5) is 0 Å². The van der Waals surface area contributed by atoms with Gasteiger partial charge in [-0.15, -0.1) is 0 Å². The highest BCUT2D eigenvalue weighted by Gasteiger charge is 2.21. The van der Waals surface area contributed by atoms with E-state index in [1.807, 2.05) is 0 Å². The van der Waals surface area contributed by atoms with Gasteiger partial charge in [-0.1, -0.05) is 30.3 Å². The molecule has 2 rings (SSSR count). The van der Waals surface area contributed by atoms with Gasteiger partial charge in [-0.2, -0.15) is 0 Å². The molecule has 0 fully saturated rings. The number of esters is 1. The molecule has 2 aromatic carbocycles. The molecule has 136 valence electrons. The van der Waals surface area contributed by atoms with E-state index in [9.17, 15) is 14.4 Å². The van der Waals surface area contributed by atoms with Gasteiger partial charge in [0.1, 0.15) is 11.3 Å². The standard InChI is InChI=1S/C19H20N2O5/c1-3-25-16-12-8-7-11-15(16)19(24)26-13(2)17(22)20-21-18(23)14-9-5-4-6-10-14/h4-13H,3H2,1-2H3,(H,20,22)(H,21,23)/t13-/m0/s1. The van der Waals surface area contributed by atoms with Crippen LogP contribution in [-0.2, 0) is 9.53 Å². The number of hydrazine groups is 1. The molecule has 0 heterocycles. The molecule has 0 aliphatic heterocycles. The zero-order valence-corrected chi connectivity index (χ0v) is 14.5. The Hall–Kier alpha value is -3.35. The topological polar surface area (TPSA) is 93.7 Å². The van der Waals surface area contributed by atoms with E-state index in [4.69, 9.17) is 9.47 Å². The van der Waals surface area contributed by atoms with Crippen LogP contribution in [0.5, 0.6) is 5.75 Å². The van der Waals surface area contributed by atoms with Crippen molar-refractivity contribution in [1.82, 2.24) is 10.9 Å². The van der Waals surface area contributed by atoms with Gasteiger partial charge in [-0.3, -0.25) is 20.4 Å². The quantitative estimate of drug-likeness (QED) is 0.611. The predicted molar refractivity (Wildman–Crippen MR) is 94.5 cm³/mol. The van der Waals surface area contributed by atoms with Gasteiger partial charge in [0.25, 0.3) is 11.8 Å². The smallest absolute Gasteiger partial charge is 0.342 e. The van der Waals surface area contributed by atoms with E-state index < -0.39 is 23.9 Å². The van der Waals surface area contributed by atoms with Crippen molar-refractivity contribution in [2.24, 2.45) is 0 Å². The molecule has 1 atom stereocenters. The second-order valence-corrected chi connectivity index (χ2v) is 5.29. The number of amides is 2. The van der Waals surface area contributed by atoms with Gasteiger partial charge < -0.3 is 9.47 Å². The second-order valence-electron chi connectivity index (χ2n) is 5.29. The Balaban J connectivity index is 1.90. The van der Waals surface area contributed by atoms with Crippen molar-refractivity contribution >= 4 is 17.8 Å². The molecule has 26 heavy (non-hydrogen) atoms. The molecule has 0 saturated carbocycles. The first kappa shape index (κ1) is 19.0. The summed E-state index contributed by atoms with van der Waals surface area (Å²) >= 11 is 0. The Morgan fingerprint density at radius 1 is 0.962 bits per heavy atom. The van der Waals surface area contributed by atoms with Gasteiger partial charge in [0.15, 0.2) is 6.10 Å². The molecule has 2 N–H and O–H groups in total. The normalized spacial score (nSPS) is 11.2. The lowest BCUT2D eigenvalue weighted by Gasteiger charge is -2.15. The van der Waals surface area contributed by atoms with E-state index >= 15 is 0 Å². The third-order valence-electron chi connectivity index (χ3n) is 3.40. The van der Waals surface area contributed by atoms with E-state index in [0.29, 0.717) is 17.9 Å². The van der Waals surface area contributed by atoms with Crippen molar-refractivity contribution in [3.05, 3.63) is 65.7 Å². The van der Waals surface area contributed by atoms with Gasteiger partial charge in [0.05, 0.1) is 6.61 Å². The average molecular weight is 356 g/mol. The van der Waals surface area contributed by atoms with E-state index in [1.165, 1.54) is 6.92 Å². The highest BCUT2D eigenvalue weighted by Crippen LogP contribution is 2.19. The highest BCUT2D eigenvalue weighted by molar-refractivity contribution is 5.97. The third kappa shape index (κ3) is 5.07. The minimum absolute atomic E-state index is 0.224. The summed E-state index contributed by atoms with van der Waals surface area (Å²) in [5.74, 6) is -1.44. The van der Waals surface area contributed by atoms with Crippen LogP contribution in [0.25, 0.3) is 0 Å². The van der Waals surface area contributed by atoms with Crippen LogP contribution >= 0.6 is 0 Å². The van der Waals surface area contributed by atoms with E-state index in [0.717, 1.165) is 0 Å². The summed E-state index contributed by atoms with van der Waals surface area (Å²) < 4.78 is 10.5. The first-order chi connectivity index (χ1) is 12.5. The maximum absolute atomic E-state index is 12.2. The molecule has 0 radical (unpaired) electrons. The summed E-state index contributed by atoms with van der Waals surface area (Å²) in [5, 5.41) is 0. The van der Waals surface area contributed by atoms with Crippen molar-refractivity contribution in [2.45, 2.75) is 20.0 Å². The molecule has 0 unspecified atom stereocenters. The van der Waals surface area contributed by atoms with Crippen LogP contribution in [-0.4, -0.2) is 30.5 Å². The summed E-state index contributed by atoms with van der Waals surface area (Å²) in [7, 11) is 0. The number of hydrogen-bond donors (Lipinski definition) is 2. The van der Waals surface area contributed by atoms with Crippen LogP contribution in [0.2, 0.25) is 0 Å². The minimum atomic E-state index is -1.10. The molecule has 0 aromatic heterocycles. The van der Waals surface area contributed by atoms with Crippen molar-refractivity contribution < 1.29 is 23.9 Å². The highest BCUT2D eigenvalue weighted by atomic mass is 16.5. The number of para-hydroxylation sites is 1. The number of carbonyl (C=O) groups excluding carboxylic acids is 3. The Labute approximate surface area is 151 Å². The SMILES string of the molecule is CCOc1ccccc1C(=O)O[C@@H](C)C(=O)NNC(=O)c1ccccc1. The maximum atomic E-state index is 12.2. The first-order valence-corrected chi connectivity index (χ1v) is 8.11. The lowest BCUT2D eigenvalue weighted by Crippen LogP contribution is -2.46. The largest absolute Gasteiger partial charge is 0.493 e. The summed E-state index contributed by atoms with van der Waals surface area (Å²) in [6.45, 7) is 3.60. The van der Waals surface area contributed by atoms with Crippen molar-refractivity contribution in [3.63, 3.8) is 0 Å². The van der Waals surface area contributed by atoms with Gasteiger partial charge in [-0.25, -0.2) is 4.79 Å². The van der Waals surface area contributed by atoms with Gasteiger partial charge >= 0.3 is 5.97 Å². The Morgan fingerprint density at radius 3 is 2.31 bits per heavy atom. The molecule has 0 bridgehead atoms. The first-order valence-electron chi connectivity index (χ1n) is 8.11. The van der Waals surface area contributed by atoms with Gasteiger partial charge in [0.2, 0.25) is 0 Å². The fourth-order valence-corrected chi connectivity index (χ4v) is 2.08. The number of carbonyl (C=O) groups is 3. The zero-order chi connectivity index (χ0) is 18.9. The van der Waals surface area contributed by atoms with Crippen LogP contribution in [0.3, 0.4) is 0 Å². The molecule has 2 aromatic rings. The van der Waals surface area contributed by atoms with Crippen molar-refractivity contribution in [3.8, 4) is 5.75 Å². The third-order valence-corrected chi connectivity index (χ3v) is 3.40. The van der Waals surface area contributed by atoms with Crippen LogP contribution in [0.15, 0.2) is 54.6 Å². The summed E-state index contributed by atoms with van der Waals surface area (Å²) in [4.78, 5) is 36.1. The number of rotatable bonds is 6. The van der Waals surface area contributed by atoms with Crippen LogP contribution < -0.4 is 15.6 Å². The predicted octanol–water partition coefficient (Wildman–Crippen LogP) is 2.09. The molecule has 7 nitrogen and oxygen atoms in total.